The summed E-state index contributed by atoms with van der Waals surface area (Å²) in [7, 11) is 0. The Morgan fingerprint density at radius 2 is 1.60 bits per heavy atom. The minimum atomic E-state index is -0.406. The maximum Gasteiger partial charge on any atom is 0.146 e. The molecule has 0 fully saturated rings. The van der Waals surface area contributed by atoms with Crippen molar-refractivity contribution in [3.63, 3.8) is 0 Å². The quantitative estimate of drug-likeness (QED) is 0.412. The Kier molecular flexibility index (Phi) is 3.79. The second kappa shape index (κ2) is 3.88. The van der Waals surface area contributed by atoms with Gasteiger partial charge >= 0.3 is 0 Å². The Bertz CT molecular complexity index is 12.4. The van der Waals surface area contributed by atoms with E-state index in [4.69, 9.17) is 10.2 Å². The predicted molar refractivity (Wildman–Crippen MR) is 15.3 cm³/mol. The molecule has 32 valence electrons. The van der Waals surface area contributed by atoms with Crippen molar-refractivity contribution in [2.75, 3.05) is 13.6 Å². The Morgan fingerprint density at radius 3 is 1.60 bits per heavy atom. The topological polar surface area (TPSA) is 49.7 Å². The van der Waals surface area contributed by atoms with Crippen LogP contribution in [0.25, 0.3) is 0 Å². The van der Waals surface area contributed by atoms with Crippen LogP contribution in [0.2, 0.25) is 0 Å². The van der Waals surface area contributed by atoms with Gasteiger partial charge in [-0.05, 0) is 0 Å². The first kappa shape index (κ1) is 4.88. The normalized spacial score (nSPS) is 8.40. The molecule has 5 heavy (non-hydrogen) atoms. The molecule has 0 aromatic heterocycles. The molecule has 0 aliphatic rings. The van der Waals surface area contributed by atoms with E-state index in [-0.39, 0.29) is 0 Å². The van der Waals surface area contributed by atoms with Gasteiger partial charge in [0, 0.05) is 0 Å². The highest BCUT2D eigenvalue weighted by atomic mass is 16.6. The Labute approximate surface area is 29.8 Å². The summed E-state index contributed by atoms with van der Waals surface area (Å²) in [5.74, 6) is 0. The van der Waals surface area contributed by atoms with Crippen molar-refractivity contribution in [1.82, 2.24) is 0 Å². The number of rotatable bonds is 2. The van der Waals surface area contributed by atoms with Gasteiger partial charge in [0.15, 0.2) is 0 Å². The van der Waals surface area contributed by atoms with Gasteiger partial charge in [0.25, 0.3) is 0 Å². The molecule has 0 aromatic carbocycles. The largest absolute Gasteiger partial charge is 0.371 e. The SMILES string of the molecule is OCOCO. The number of aliphatic hydroxyl groups excluding tert-OH is 2. The molecular formula is C2H6O3. The molecule has 0 heterocycles. The van der Waals surface area contributed by atoms with Crippen LogP contribution in [0.1, 0.15) is 0 Å². The van der Waals surface area contributed by atoms with Crippen LogP contribution in [0.3, 0.4) is 0 Å². The summed E-state index contributed by atoms with van der Waals surface area (Å²) in [5, 5.41) is 15.4. The highest BCUT2D eigenvalue weighted by molar-refractivity contribution is 3.82. The molecule has 3 heteroatoms. The summed E-state index contributed by atoms with van der Waals surface area (Å²) < 4.78 is 3.94. The maximum atomic E-state index is 7.68. The molecule has 0 amide bonds. The summed E-state index contributed by atoms with van der Waals surface area (Å²) in [6.45, 7) is -0.812. The zero-order valence-corrected chi connectivity index (χ0v) is 2.72. The first-order valence-corrected chi connectivity index (χ1v) is 1.21. The Hall–Kier alpha value is -0.120. The second-order valence-corrected chi connectivity index (χ2v) is 0.462. The lowest BCUT2D eigenvalue weighted by atomic mass is 11.4. The summed E-state index contributed by atoms with van der Waals surface area (Å²) in [6, 6.07) is 0. The van der Waals surface area contributed by atoms with Crippen molar-refractivity contribution in [3.8, 4) is 0 Å². The van der Waals surface area contributed by atoms with Crippen LogP contribution in [-0.2, 0) is 4.74 Å². The standard InChI is InChI=1S/C2H6O3/c3-1-5-2-4/h3-4H,1-2H2. The monoisotopic (exact) mass is 78.0 g/mol. The fraction of sp³-hybridized carbons (Fsp3) is 1.00. The Morgan fingerprint density at radius 1 is 1.20 bits per heavy atom. The van der Waals surface area contributed by atoms with Gasteiger partial charge in [-0.25, -0.2) is 0 Å². The smallest absolute Gasteiger partial charge is 0.146 e. The van der Waals surface area contributed by atoms with Crippen LogP contribution in [0.15, 0.2) is 0 Å². The van der Waals surface area contributed by atoms with E-state index in [9.17, 15) is 0 Å². The average molecular weight is 78.1 g/mol. The summed E-state index contributed by atoms with van der Waals surface area (Å²) in [4.78, 5) is 0. The summed E-state index contributed by atoms with van der Waals surface area (Å²) >= 11 is 0. The molecule has 0 spiro atoms. The van der Waals surface area contributed by atoms with Gasteiger partial charge in [0.2, 0.25) is 0 Å². The van der Waals surface area contributed by atoms with Crippen LogP contribution in [-0.4, -0.2) is 23.8 Å². The van der Waals surface area contributed by atoms with E-state index in [0.29, 0.717) is 0 Å². The molecular weight excluding hydrogens is 72.0 g/mol. The summed E-state index contributed by atoms with van der Waals surface area (Å²) in [6.07, 6.45) is 0. The van der Waals surface area contributed by atoms with Crippen LogP contribution in [0.4, 0.5) is 0 Å². The van der Waals surface area contributed by atoms with Crippen LogP contribution < -0.4 is 0 Å². The van der Waals surface area contributed by atoms with E-state index < -0.39 is 13.6 Å². The van der Waals surface area contributed by atoms with Crippen molar-refractivity contribution < 1.29 is 14.9 Å². The fourth-order valence-corrected chi connectivity index (χ4v) is 0.0408. The fourth-order valence-electron chi connectivity index (χ4n) is 0.0408. The van der Waals surface area contributed by atoms with Crippen molar-refractivity contribution in [2.24, 2.45) is 0 Å². The molecule has 0 aliphatic heterocycles. The van der Waals surface area contributed by atoms with E-state index in [1.165, 1.54) is 0 Å². The molecule has 0 rings (SSSR count). The van der Waals surface area contributed by atoms with Gasteiger partial charge in [-0.2, -0.15) is 0 Å². The number of aliphatic hydroxyl groups is 2. The molecule has 0 aromatic rings. The van der Waals surface area contributed by atoms with Gasteiger partial charge in [0.05, 0.1) is 0 Å². The number of hydrogen-bond acceptors (Lipinski definition) is 3. The summed E-state index contributed by atoms with van der Waals surface area (Å²) in [5.41, 5.74) is 0. The van der Waals surface area contributed by atoms with E-state index in [2.05, 4.69) is 4.74 Å². The van der Waals surface area contributed by atoms with Gasteiger partial charge in [-0.3, -0.25) is 0 Å². The number of hydrogen-bond donors (Lipinski definition) is 2. The molecule has 2 N–H and O–H groups in total. The number of ether oxygens (including phenoxy) is 1. The minimum Gasteiger partial charge on any atom is -0.371 e. The van der Waals surface area contributed by atoms with Crippen LogP contribution in [0.5, 0.6) is 0 Å². The van der Waals surface area contributed by atoms with Crippen molar-refractivity contribution >= 4 is 0 Å². The molecule has 0 radical (unpaired) electrons. The molecule has 0 aliphatic carbocycles. The molecule has 0 saturated carbocycles. The average Bonchev–Trinajstić information content (AvgIpc) is 1.41. The van der Waals surface area contributed by atoms with Crippen molar-refractivity contribution in [1.29, 1.82) is 0 Å². The van der Waals surface area contributed by atoms with Crippen molar-refractivity contribution in [2.45, 2.75) is 0 Å². The van der Waals surface area contributed by atoms with Crippen LogP contribution in [0, 0.1) is 0 Å². The van der Waals surface area contributed by atoms with E-state index in [1.807, 2.05) is 0 Å². The molecule has 0 bridgehead atoms. The van der Waals surface area contributed by atoms with Gasteiger partial charge in [0.1, 0.15) is 13.6 Å². The highest BCUT2D eigenvalue weighted by Crippen LogP contribution is 1.56. The zero-order chi connectivity index (χ0) is 4.12. The van der Waals surface area contributed by atoms with Gasteiger partial charge < -0.3 is 14.9 Å². The van der Waals surface area contributed by atoms with Crippen LogP contribution >= 0.6 is 0 Å². The molecule has 3 nitrogen and oxygen atoms in total. The third-order valence-electron chi connectivity index (χ3n) is 0.183. The lowest BCUT2D eigenvalue weighted by Gasteiger charge is -1.85. The molecule has 0 atom stereocenters. The Balaban J connectivity index is 2.19. The highest BCUT2D eigenvalue weighted by Gasteiger charge is 1.65. The van der Waals surface area contributed by atoms with E-state index in [0.717, 1.165) is 0 Å². The lowest BCUT2D eigenvalue weighted by molar-refractivity contribution is -0.0763. The first-order valence-electron chi connectivity index (χ1n) is 1.21. The second-order valence-electron chi connectivity index (χ2n) is 0.462. The van der Waals surface area contributed by atoms with E-state index >= 15 is 0 Å². The third kappa shape index (κ3) is 3.88. The third-order valence-corrected chi connectivity index (χ3v) is 0.183. The zero-order valence-electron chi connectivity index (χ0n) is 2.72. The molecule has 0 unspecified atom stereocenters. The molecule has 0 saturated heterocycles. The maximum absolute atomic E-state index is 7.68. The van der Waals surface area contributed by atoms with Crippen molar-refractivity contribution in [3.05, 3.63) is 0 Å². The lowest BCUT2D eigenvalue weighted by Crippen LogP contribution is -1.91. The first-order chi connectivity index (χ1) is 2.41. The van der Waals surface area contributed by atoms with E-state index in [1.54, 1.807) is 0 Å². The predicted octanol–water partition coefficient (Wildman–Crippen LogP) is -1.10. The van der Waals surface area contributed by atoms with Gasteiger partial charge in [-0.15, -0.1) is 0 Å². The minimum absolute atomic E-state index is 0.406. The van der Waals surface area contributed by atoms with Gasteiger partial charge in [-0.1, -0.05) is 0 Å².